The quantitative estimate of drug-likeness (QED) is 0.835. The van der Waals surface area contributed by atoms with E-state index in [1.54, 1.807) is 13.1 Å². The number of nitrogens with zero attached hydrogens (tertiary/aromatic N) is 3. The number of rotatable bonds is 5. The van der Waals surface area contributed by atoms with E-state index in [1.807, 2.05) is 0 Å². The van der Waals surface area contributed by atoms with Crippen LogP contribution in [-0.4, -0.2) is 39.9 Å². The number of anilines is 1. The Morgan fingerprint density at radius 3 is 2.59 bits per heavy atom. The lowest BCUT2D eigenvalue weighted by molar-refractivity contribution is -0.156. The number of hydrogen-bond acceptors (Lipinski definition) is 4. The summed E-state index contributed by atoms with van der Waals surface area (Å²) in [7, 11) is 1.62. The Morgan fingerprint density at radius 1 is 1.30 bits per heavy atom. The molecule has 1 aromatic carbocycles. The summed E-state index contributed by atoms with van der Waals surface area (Å²) in [6.45, 7) is 1.74. The number of nitrogens with one attached hydrogen (secondary N) is 2. The summed E-state index contributed by atoms with van der Waals surface area (Å²) in [4.78, 5) is 16.6. The molecular weight excluding hydrogens is 359 g/mol. The summed E-state index contributed by atoms with van der Waals surface area (Å²) in [5, 5.41) is 10.0. The van der Waals surface area contributed by atoms with Gasteiger partial charge in [-0.05, 0) is 31.5 Å². The van der Waals surface area contributed by atoms with E-state index >= 15 is 0 Å². The average Bonchev–Trinajstić information content (AvgIpc) is 3.01. The molecule has 2 heterocycles. The maximum absolute atomic E-state index is 13.4. The van der Waals surface area contributed by atoms with E-state index in [0.717, 1.165) is 25.9 Å². The van der Waals surface area contributed by atoms with Gasteiger partial charge in [-0.2, -0.15) is 23.3 Å². The SMILES string of the molecule is Cn1nc(C2CCNCC2)nc1NC(=O)CC(c1ccccc1)C(F)(F)F. The fraction of sp³-hybridized carbons (Fsp3) is 0.500. The lowest BCUT2D eigenvalue weighted by Crippen LogP contribution is -2.27. The van der Waals surface area contributed by atoms with Gasteiger partial charge in [0, 0.05) is 19.4 Å². The van der Waals surface area contributed by atoms with Crippen LogP contribution in [0.3, 0.4) is 0 Å². The number of amides is 1. The van der Waals surface area contributed by atoms with Crippen molar-refractivity contribution in [1.29, 1.82) is 0 Å². The van der Waals surface area contributed by atoms with Gasteiger partial charge in [0.25, 0.3) is 0 Å². The molecule has 1 aliphatic heterocycles. The highest BCUT2D eigenvalue weighted by atomic mass is 19.4. The van der Waals surface area contributed by atoms with E-state index in [4.69, 9.17) is 0 Å². The van der Waals surface area contributed by atoms with Crippen molar-refractivity contribution in [3.05, 3.63) is 41.7 Å². The van der Waals surface area contributed by atoms with Crippen LogP contribution in [0.15, 0.2) is 30.3 Å². The molecular formula is C18H22F3N5O. The molecule has 0 bridgehead atoms. The minimum absolute atomic E-state index is 0.0634. The van der Waals surface area contributed by atoms with E-state index in [-0.39, 0.29) is 17.4 Å². The third-order valence-corrected chi connectivity index (χ3v) is 4.72. The van der Waals surface area contributed by atoms with Gasteiger partial charge in [0.15, 0.2) is 5.82 Å². The highest BCUT2D eigenvalue weighted by Gasteiger charge is 2.42. The van der Waals surface area contributed by atoms with Crippen LogP contribution in [0.5, 0.6) is 0 Å². The van der Waals surface area contributed by atoms with Crippen LogP contribution >= 0.6 is 0 Å². The molecule has 1 amide bonds. The predicted octanol–water partition coefficient (Wildman–Crippen LogP) is 2.96. The maximum Gasteiger partial charge on any atom is 0.396 e. The normalized spacial score (nSPS) is 16.9. The van der Waals surface area contributed by atoms with Crippen LogP contribution in [0.1, 0.15) is 42.5 Å². The predicted molar refractivity (Wildman–Crippen MR) is 94.3 cm³/mol. The van der Waals surface area contributed by atoms with Gasteiger partial charge in [0.05, 0.1) is 5.92 Å². The highest BCUT2D eigenvalue weighted by Crippen LogP contribution is 2.37. The van der Waals surface area contributed by atoms with Crippen molar-refractivity contribution in [2.45, 2.75) is 37.3 Å². The Morgan fingerprint density at radius 2 is 1.96 bits per heavy atom. The zero-order chi connectivity index (χ0) is 19.4. The second-order valence-corrected chi connectivity index (χ2v) is 6.70. The summed E-state index contributed by atoms with van der Waals surface area (Å²) in [6.07, 6.45) is -3.44. The Labute approximate surface area is 155 Å². The maximum atomic E-state index is 13.4. The monoisotopic (exact) mass is 381 g/mol. The van der Waals surface area contributed by atoms with Gasteiger partial charge < -0.3 is 5.32 Å². The zero-order valence-corrected chi connectivity index (χ0v) is 15.0. The molecule has 1 atom stereocenters. The minimum Gasteiger partial charge on any atom is -0.317 e. The van der Waals surface area contributed by atoms with Gasteiger partial charge in [-0.3, -0.25) is 10.1 Å². The van der Waals surface area contributed by atoms with Gasteiger partial charge in [-0.15, -0.1) is 0 Å². The van der Waals surface area contributed by atoms with Crippen molar-refractivity contribution in [3.8, 4) is 0 Å². The molecule has 1 fully saturated rings. The number of aromatic nitrogens is 3. The third-order valence-electron chi connectivity index (χ3n) is 4.72. The second-order valence-electron chi connectivity index (χ2n) is 6.70. The fourth-order valence-electron chi connectivity index (χ4n) is 3.24. The van der Waals surface area contributed by atoms with Crippen LogP contribution in [0.25, 0.3) is 0 Å². The van der Waals surface area contributed by atoms with Gasteiger partial charge >= 0.3 is 6.18 Å². The molecule has 1 aliphatic rings. The van der Waals surface area contributed by atoms with Crippen molar-refractivity contribution >= 4 is 11.9 Å². The van der Waals surface area contributed by atoms with Crippen molar-refractivity contribution in [1.82, 2.24) is 20.1 Å². The first kappa shape index (κ1) is 19.3. The summed E-state index contributed by atoms with van der Waals surface area (Å²) in [6, 6.07) is 7.45. The summed E-state index contributed by atoms with van der Waals surface area (Å²) in [5.74, 6) is -1.63. The van der Waals surface area contributed by atoms with E-state index < -0.39 is 24.4 Å². The lowest BCUT2D eigenvalue weighted by Gasteiger charge is -2.20. The van der Waals surface area contributed by atoms with E-state index in [1.165, 1.54) is 28.9 Å². The topological polar surface area (TPSA) is 71.8 Å². The standard InChI is InChI=1S/C18H22F3N5O/c1-26-17(24-16(25-26)13-7-9-22-10-8-13)23-15(27)11-14(18(19,20)21)12-5-3-2-4-6-12/h2-6,13-14,22H,7-11H2,1H3,(H,23,24,25,27). The van der Waals surface area contributed by atoms with Crippen LogP contribution in [0, 0.1) is 0 Å². The Hall–Kier alpha value is -2.42. The molecule has 0 radical (unpaired) electrons. The van der Waals surface area contributed by atoms with Crippen LogP contribution < -0.4 is 10.6 Å². The van der Waals surface area contributed by atoms with Gasteiger partial charge in [0.2, 0.25) is 11.9 Å². The summed E-state index contributed by atoms with van der Waals surface area (Å²) >= 11 is 0. The summed E-state index contributed by atoms with van der Waals surface area (Å²) < 4.78 is 41.6. The number of alkyl halides is 3. The van der Waals surface area contributed by atoms with E-state index in [2.05, 4.69) is 20.7 Å². The summed E-state index contributed by atoms with van der Waals surface area (Å²) in [5.41, 5.74) is 0.0634. The number of halogens is 3. The molecule has 1 unspecified atom stereocenters. The Kier molecular flexibility index (Phi) is 5.79. The number of hydrogen-bond donors (Lipinski definition) is 2. The molecule has 146 valence electrons. The van der Waals surface area contributed by atoms with Crippen molar-refractivity contribution in [3.63, 3.8) is 0 Å². The van der Waals surface area contributed by atoms with Crippen molar-refractivity contribution < 1.29 is 18.0 Å². The number of carbonyl (C=O) groups is 1. The highest BCUT2D eigenvalue weighted by molar-refractivity contribution is 5.89. The zero-order valence-electron chi connectivity index (χ0n) is 15.0. The molecule has 6 nitrogen and oxygen atoms in total. The van der Waals surface area contributed by atoms with Crippen LogP contribution in [0.2, 0.25) is 0 Å². The van der Waals surface area contributed by atoms with Gasteiger partial charge in [0.1, 0.15) is 0 Å². The Balaban J connectivity index is 1.70. The largest absolute Gasteiger partial charge is 0.396 e. The molecule has 0 spiro atoms. The number of carbonyl (C=O) groups excluding carboxylic acids is 1. The smallest absolute Gasteiger partial charge is 0.317 e. The first-order valence-electron chi connectivity index (χ1n) is 8.87. The van der Waals surface area contributed by atoms with Gasteiger partial charge in [-0.25, -0.2) is 4.68 Å². The molecule has 1 saturated heterocycles. The molecule has 9 heteroatoms. The number of piperidine rings is 1. The molecule has 0 saturated carbocycles. The molecule has 0 aliphatic carbocycles. The number of aryl methyl sites for hydroxylation is 1. The molecule has 3 rings (SSSR count). The minimum atomic E-state index is -4.52. The molecule has 2 aromatic rings. The molecule has 27 heavy (non-hydrogen) atoms. The van der Waals surface area contributed by atoms with E-state index in [0.29, 0.717) is 5.82 Å². The van der Waals surface area contributed by atoms with Crippen LogP contribution in [0.4, 0.5) is 19.1 Å². The van der Waals surface area contributed by atoms with E-state index in [9.17, 15) is 18.0 Å². The lowest BCUT2D eigenvalue weighted by atomic mass is 9.95. The first-order valence-corrected chi connectivity index (χ1v) is 8.87. The van der Waals surface area contributed by atoms with Crippen LogP contribution in [-0.2, 0) is 11.8 Å². The average molecular weight is 381 g/mol. The fourth-order valence-corrected chi connectivity index (χ4v) is 3.24. The first-order chi connectivity index (χ1) is 12.8. The molecule has 1 aromatic heterocycles. The Bertz CT molecular complexity index is 769. The third kappa shape index (κ3) is 4.85. The number of benzene rings is 1. The molecule has 2 N–H and O–H groups in total. The van der Waals surface area contributed by atoms with Gasteiger partial charge in [-0.1, -0.05) is 30.3 Å². The van der Waals surface area contributed by atoms with Crippen molar-refractivity contribution in [2.24, 2.45) is 7.05 Å². The second kappa shape index (κ2) is 8.08. The van der Waals surface area contributed by atoms with Crippen molar-refractivity contribution in [2.75, 3.05) is 18.4 Å².